The quantitative estimate of drug-likeness (QED) is 0.0426. The van der Waals surface area contributed by atoms with Gasteiger partial charge in [0, 0.05) is 24.4 Å². The first-order valence-corrected chi connectivity index (χ1v) is 30.2. The smallest absolute Gasteiger partial charge is 0.251 e. The molecule has 0 saturated carbocycles. The molecule has 10 heteroatoms. The molecule has 0 radical (unpaired) electrons. The van der Waals surface area contributed by atoms with E-state index in [0.29, 0.717) is 50.9 Å². The van der Waals surface area contributed by atoms with E-state index in [9.17, 15) is 14.0 Å². The Morgan fingerprint density at radius 2 is 1.09 bits per heavy atom. The first kappa shape index (κ1) is 63.4. The van der Waals surface area contributed by atoms with Crippen LogP contribution in [0.1, 0.15) is 202 Å². The molecule has 0 aromatic heterocycles. The third-order valence-corrected chi connectivity index (χ3v) is 15.8. The fraction of sp³-hybridized carbons (Fsp3) is 0.612. The van der Waals surface area contributed by atoms with Crippen LogP contribution in [0, 0.1) is 23.6 Å². The normalized spacial score (nSPS) is 18.6. The van der Waals surface area contributed by atoms with Gasteiger partial charge in [-0.15, -0.1) is 0 Å². The average molecular weight is 1060 g/mol. The lowest BCUT2D eigenvalue weighted by molar-refractivity contribution is -0.262. The molecule has 8 atom stereocenters. The molecule has 1 heterocycles. The van der Waals surface area contributed by atoms with Crippen LogP contribution in [-0.4, -0.2) is 62.2 Å². The van der Waals surface area contributed by atoms with E-state index in [1.54, 1.807) is 12.1 Å². The average Bonchev–Trinajstić information content (AvgIpc) is 3.45. The van der Waals surface area contributed by atoms with E-state index in [4.69, 9.17) is 23.7 Å². The summed E-state index contributed by atoms with van der Waals surface area (Å²) in [5.74, 6) is 0.0587. The fourth-order valence-corrected chi connectivity index (χ4v) is 10.6. The van der Waals surface area contributed by atoms with Gasteiger partial charge in [-0.05, 0) is 66.0 Å². The van der Waals surface area contributed by atoms with Crippen LogP contribution in [0.4, 0.5) is 4.39 Å². The summed E-state index contributed by atoms with van der Waals surface area (Å²) >= 11 is 0. The van der Waals surface area contributed by atoms with Crippen molar-refractivity contribution in [2.45, 2.75) is 226 Å². The molecule has 77 heavy (non-hydrogen) atoms. The molecule has 5 rings (SSSR count). The number of rotatable bonds is 42. The van der Waals surface area contributed by atoms with Crippen LogP contribution < -0.4 is 10.6 Å². The molecule has 1 aliphatic rings. The van der Waals surface area contributed by atoms with Crippen LogP contribution in [0.5, 0.6) is 0 Å². The maximum Gasteiger partial charge on any atom is 0.251 e. The summed E-state index contributed by atoms with van der Waals surface area (Å²) < 4.78 is 47.5. The maximum atomic E-state index is 14.2. The largest absolute Gasteiger partial charge is 0.374 e. The summed E-state index contributed by atoms with van der Waals surface area (Å²) in [7, 11) is 0. The maximum absolute atomic E-state index is 14.2. The first-order chi connectivity index (χ1) is 37.7. The van der Waals surface area contributed by atoms with E-state index in [-0.39, 0.29) is 42.5 Å². The van der Waals surface area contributed by atoms with Gasteiger partial charge in [0.2, 0.25) is 5.91 Å². The number of ether oxygens (including phenoxy) is 5. The van der Waals surface area contributed by atoms with Crippen molar-refractivity contribution in [3.8, 4) is 0 Å². The van der Waals surface area contributed by atoms with Gasteiger partial charge in [0.1, 0.15) is 11.9 Å². The highest BCUT2D eigenvalue weighted by Gasteiger charge is 2.41. The lowest BCUT2D eigenvalue weighted by Gasteiger charge is -2.44. The molecular weight excluding hydrogens is 964 g/mol. The number of benzene rings is 4. The van der Waals surface area contributed by atoms with E-state index in [1.165, 1.54) is 76.3 Å². The second kappa shape index (κ2) is 39.0. The van der Waals surface area contributed by atoms with Gasteiger partial charge in [0.05, 0.1) is 51.3 Å². The zero-order valence-electron chi connectivity index (χ0n) is 47.8. The minimum Gasteiger partial charge on any atom is -0.374 e. The van der Waals surface area contributed by atoms with E-state index < -0.39 is 24.3 Å². The number of nitrogens with one attached hydrogen (secondary N) is 2. The molecule has 0 spiro atoms. The van der Waals surface area contributed by atoms with Crippen molar-refractivity contribution >= 4 is 11.8 Å². The van der Waals surface area contributed by atoms with Gasteiger partial charge in [0.25, 0.3) is 5.91 Å². The van der Waals surface area contributed by atoms with E-state index in [0.717, 1.165) is 93.7 Å². The minimum absolute atomic E-state index is 0.00429. The molecule has 4 aromatic carbocycles. The summed E-state index contributed by atoms with van der Waals surface area (Å²) in [4.78, 5) is 26.6. The Morgan fingerprint density at radius 1 is 0.571 bits per heavy atom. The van der Waals surface area contributed by atoms with Crippen molar-refractivity contribution in [3.63, 3.8) is 0 Å². The van der Waals surface area contributed by atoms with Gasteiger partial charge in [-0.1, -0.05) is 247 Å². The number of carbonyl (C=O) groups is 2. The number of carbonyl (C=O) groups excluding carboxylic acids is 2. The highest BCUT2D eigenvalue weighted by molar-refractivity contribution is 5.94. The highest BCUT2D eigenvalue weighted by atomic mass is 19.1. The van der Waals surface area contributed by atoms with Crippen LogP contribution in [0.25, 0.3) is 0 Å². The Morgan fingerprint density at radius 3 is 1.66 bits per heavy atom. The van der Waals surface area contributed by atoms with Crippen LogP contribution in [0.15, 0.2) is 115 Å². The first-order valence-electron chi connectivity index (χ1n) is 30.2. The lowest BCUT2D eigenvalue weighted by atomic mass is 9.79. The highest BCUT2D eigenvalue weighted by Crippen LogP contribution is 2.36. The molecule has 4 aromatic rings. The molecule has 426 valence electrons. The van der Waals surface area contributed by atoms with Gasteiger partial charge in [-0.2, -0.15) is 0 Å². The molecule has 0 aliphatic carbocycles. The number of amides is 2. The standard InChI is InChI=1S/C67H99FN2O7/c1-5-6-7-8-9-10-11-12-14-17-20-32-44-62(74-49-57-38-28-24-29-39-57)65(75-50-58-40-30-25-31-41-58)61(51-76-67-55(4)53(2)54(3)63(77-67)52-73-48-56-36-26-23-27-37-56)70-64(71)45-33-21-18-15-13-16-19-22-34-46-69-66(72)59-42-35-43-60(68)47-59/h23-31,35-43,47,53-55,61-63,65,67H,5-22,32-34,44-46,48-52H2,1-4H3,(H,69,72)(H,70,71)/t53-,54+,55?,61-,62+,63?,65-,67-/m0/s1. The van der Waals surface area contributed by atoms with Crippen molar-refractivity contribution in [2.24, 2.45) is 17.8 Å². The topological polar surface area (TPSA) is 104 Å². The molecule has 1 aliphatic heterocycles. The number of hydrogen-bond acceptors (Lipinski definition) is 7. The van der Waals surface area contributed by atoms with Crippen molar-refractivity contribution in [1.29, 1.82) is 0 Å². The molecular formula is C67H99FN2O7. The minimum atomic E-state index is -0.503. The van der Waals surface area contributed by atoms with Crippen LogP contribution >= 0.6 is 0 Å². The summed E-state index contributed by atoms with van der Waals surface area (Å²) in [6, 6.07) is 36.2. The summed E-state index contributed by atoms with van der Waals surface area (Å²) in [6.07, 6.45) is 24.3. The molecule has 1 fully saturated rings. The Balaban J connectivity index is 1.21. The lowest BCUT2D eigenvalue weighted by Crippen LogP contribution is -2.54. The predicted molar refractivity (Wildman–Crippen MR) is 311 cm³/mol. The molecule has 2 unspecified atom stereocenters. The van der Waals surface area contributed by atoms with Crippen molar-refractivity contribution < 1.29 is 37.7 Å². The molecule has 0 bridgehead atoms. The van der Waals surface area contributed by atoms with Gasteiger partial charge in [-0.3, -0.25) is 9.59 Å². The van der Waals surface area contributed by atoms with E-state index in [2.05, 4.69) is 86.9 Å². The van der Waals surface area contributed by atoms with Crippen LogP contribution in [-0.2, 0) is 48.3 Å². The van der Waals surface area contributed by atoms with Crippen molar-refractivity contribution in [3.05, 3.63) is 143 Å². The van der Waals surface area contributed by atoms with Gasteiger partial charge in [-0.25, -0.2) is 4.39 Å². The Hall–Kier alpha value is -4.45. The second-order valence-electron chi connectivity index (χ2n) is 22.1. The van der Waals surface area contributed by atoms with Crippen molar-refractivity contribution in [2.75, 3.05) is 19.8 Å². The molecule has 2 amide bonds. The summed E-state index contributed by atoms with van der Waals surface area (Å²) in [5.41, 5.74) is 3.65. The van der Waals surface area contributed by atoms with Crippen molar-refractivity contribution in [1.82, 2.24) is 10.6 Å². The second-order valence-corrected chi connectivity index (χ2v) is 22.1. The van der Waals surface area contributed by atoms with Gasteiger partial charge < -0.3 is 34.3 Å². The number of hydrogen-bond donors (Lipinski definition) is 2. The summed E-state index contributed by atoms with van der Waals surface area (Å²) in [5, 5.41) is 6.38. The Labute approximate surface area is 464 Å². The Bertz CT molecular complexity index is 2110. The van der Waals surface area contributed by atoms with Gasteiger partial charge >= 0.3 is 0 Å². The fourth-order valence-electron chi connectivity index (χ4n) is 10.6. The number of unbranched alkanes of at least 4 members (excludes halogenated alkanes) is 19. The van der Waals surface area contributed by atoms with E-state index >= 15 is 0 Å². The Kier molecular flexibility index (Phi) is 32.1. The number of halogens is 1. The van der Waals surface area contributed by atoms with E-state index in [1.807, 2.05) is 42.5 Å². The third kappa shape index (κ3) is 25.9. The van der Waals surface area contributed by atoms with Gasteiger partial charge in [0.15, 0.2) is 6.29 Å². The SMILES string of the molecule is CCCCCCCCCCCCCC[C@@H](OCc1ccccc1)[C@@H](OCc1ccccc1)[C@H](CO[C@H]1OC(COCc2ccccc2)[C@H](C)[C@H](C)C1C)NC(=O)CCCCCCCCCCCNC(=O)c1cccc(F)c1. The summed E-state index contributed by atoms with van der Waals surface area (Å²) in [6.45, 7) is 11.6. The molecule has 1 saturated heterocycles. The third-order valence-electron chi connectivity index (χ3n) is 15.8. The zero-order valence-corrected chi connectivity index (χ0v) is 47.8. The monoisotopic (exact) mass is 1060 g/mol. The van der Waals surface area contributed by atoms with Crippen LogP contribution in [0.3, 0.4) is 0 Å². The molecule has 9 nitrogen and oxygen atoms in total. The zero-order chi connectivity index (χ0) is 54.6. The predicted octanol–water partition coefficient (Wildman–Crippen LogP) is 16.1. The van der Waals surface area contributed by atoms with Crippen LogP contribution in [0.2, 0.25) is 0 Å². The molecule has 2 N–H and O–H groups in total.